The van der Waals surface area contributed by atoms with Crippen LogP contribution in [0, 0.1) is 0 Å². The summed E-state index contributed by atoms with van der Waals surface area (Å²) in [7, 11) is 0. The summed E-state index contributed by atoms with van der Waals surface area (Å²) in [6.07, 6.45) is 0.631. The third-order valence-corrected chi connectivity index (χ3v) is 3.78. The lowest BCUT2D eigenvalue weighted by Crippen LogP contribution is -2.08. The van der Waals surface area contributed by atoms with Crippen LogP contribution in [0.1, 0.15) is 73.6 Å². The number of aliphatic hydroxyl groups is 10. The minimum atomic E-state index is -0.935. The summed E-state index contributed by atoms with van der Waals surface area (Å²) in [5.74, 6) is -0.935. The average molecular weight is 537 g/mol. The first-order valence-electron chi connectivity index (χ1n) is 12.0. The van der Waals surface area contributed by atoms with E-state index in [1.54, 1.807) is 0 Å². The van der Waals surface area contributed by atoms with Crippen LogP contribution in [0.4, 0.5) is 0 Å². The van der Waals surface area contributed by atoms with Crippen LogP contribution in [-0.2, 0) is 4.79 Å². The predicted octanol–water partition coefficient (Wildman–Crippen LogP) is -0.605. The van der Waals surface area contributed by atoms with E-state index in [4.69, 9.17) is 56.2 Å². The second-order valence-electron chi connectivity index (χ2n) is 7.31. The Morgan fingerprint density at radius 2 is 0.639 bits per heavy atom. The Bertz CT molecular complexity index is 321. The van der Waals surface area contributed by atoms with E-state index in [2.05, 4.69) is 6.58 Å². The Hall–Kier alpha value is -1.19. The molecule has 0 aliphatic heterocycles. The molecule has 0 spiro atoms. The van der Waals surface area contributed by atoms with Crippen LogP contribution in [-0.4, -0.2) is 126 Å². The Labute approximate surface area is 216 Å². The molecule has 0 saturated heterocycles. The lowest BCUT2D eigenvalue weighted by molar-refractivity contribution is -0.132. The molecule has 224 valence electrons. The molecule has 11 N–H and O–H groups in total. The van der Waals surface area contributed by atoms with Gasteiger partial charge in [-0.1, -0.05) is 41.2 Å². The Morgan fingerprint density at radius 3 is 0.639 bits per heavy atom. The molecule has 0 aliphatic rings. The maximum absolute atomic E-state index is 9.60. The van der Waals surface area contributed by atoms with E-state index >= 15 is 0 Å². The van der Waals surface area contributed by atoms with Crippen LogP contribution in [0.3, 0.4) is 0 Å². The standard InChI is InChI=1S/C4H6O2.5C4H10O2/c1-3(2)4(5)6;5*1-2-4(6)3-5/h1H2,2H3,(H,5,6);5*4-6H,2-3H2,1H3. The number of carboxylic acids is 1. The molecule has 12 nitrogen and oxygen atoms in total. The average Bonchev–Trinajstić information content (AvgIpc) is 2.91. The van der Waals surface area contributed by atoms with E-state index in [9.17, 15) is 4.79 Å². The summed E-state index contributed by atoms with van der Waals surface area (Å²) in [6, 6.07) is 0. The van der Waals surface area contributed by atoms with Gasteiger partial charge in [0.2, 0.25) is 0 Å². The van der Waals surface area contributed by atoms with Crippen molar-refractivity contribution in [3.8, 4) is 0 Å². The third kappa shape index (κ3) is 63.8. The Kier molecular flexibility index (Phi) is 54.5. The van der Waals surface area contributed by atoms with E-state index in [0.29, 0.717) is 32.1 Å². The topological polar surface area (TPSA) is 240 Å². The van der Waals surface area contributed by atoms with Crippen LogP contribution in [0.5, 0.6) is 0 Å². The highest BCUT2D eigenvalue weighted by atomic mass is 16.4. The zero-order valence-electron chi connectivity index (χ0n) is 23.0. The number of hydrogen-bond donors (Lipinski definition) is 11. The van der Waals surface area contributed by atoms with Crippen molar-refractivity contribution >= 4 is 5.97 Å². The van der Waals surface area contributed by atoms with Gasteiger partial charge in [0.05, 0.1) is 63.6 Å². The molecular weight excluding hydrogens is 480 g/mol. The largest absolute Gasteiger partial charge is 0.478 e. The van der Waals surface area contributed by atoms with Crippen molar-refractivity contribution in [1.29, 1.82) is 0 Å². The molecule has 0 bridgehead atoms. The van der Waals surface area contributed by atoms with Crippen LogP contribution in [0.15, 0.2) is 12.2 Å². The number of aliphatic hydroxyl groups excluding tert-OH is 10. The van der Waals surface area contributed by atoms with Gasteiger partial charge in [0.25, 0.3) is 0 Å². The molecule has 12 heteroatoms. The monoisotopic (exact) mass is 536 g/mol. The molecule has 0 aliphatic carbocycles. The Morgan fingerprint density at radius 1 is 0.528 bits per heavy atom. The van der Waals surface area contributed by atoms with Crippen molar-refractivity contribution in [2.45, 2.75) is 104 Å². The molecule has 0 saturated carbocycles. The molecule has 5 atom stereocenters. The molecule has 0 aromatic heterocycles. The SMILES string of the molecule is C=C(C)C(=O)O.CCC(O)CO.CCC(O)CO.CCC(O)CO.CCC(O)CO.CCC(O)CO. The van der Waals surface area contributed by atoms with E-state index in [0.717, 1.165) is 0 Å². The lowest BCUT2D eigenvalue weighted by Gasteiger charge is -1.97. The first-order valence-corrected chi connectivity index (χ1v) is 12.0. The molecular formula is C24H56O12. The summed E-state index contributed by atoms with van der Waals surface area (Å²) in [5.41, 5.74) is 0.176. The van der Waals surface area contributed by atoms with E-state index in [1.807, 2.05) is 34.6 Å². The van der Waals surface area contributed by atoms with Crippen molar-refractivity contribution in [3.05, 3.63) is 12.2 Å². The summed E-state index contributed by atoms with van der Waals surface area (Å²) >= 11 is 0. The Balaban J connectivity index is -0.0000000750. The zero-order chi connectivity index (χ0) is 30.1. The third-order valence-electron chi connectivity index (χ3n) is 3.78. The van der Waals surface area contributed by atoms with Gasteiger partial charge in [-0.2, -0.15) is 0 Å². The molecule has 0 rings (SSSR count). The highest BCUT2D eigenvalue weighted by Gasteiger charge is 1.94. The van der Waals surface area contributed by atoms with Crippen molar-refractivity contribution < 1.29 is 61.0 Å². The van der Waals surface area contributed by atoms with Gasteiger partial charge < -0.3 is 56.2 Å². The molecule has 0 amide bonds. The van der Waals surface area contributed by atoms with Crippen LogP contribution in [0.2, 0.25) is 0 Å². The van der Waals surface area contributed by atoms with Gasteiger partial charge in [0.1, 0.15) is 0 Å². The van der Waals surface area contributed by atoms with E-state index < -0.39 is 36.5 Å². The second-order valence-corrected chi connectivity index (χ2v) is 7.31. The first-order chi connectivity index (χ1) is 16.7. The zero-order valence-corrected chi connectivity index (χ0v) is 23.0. The van der Waals surface area contributed by atoms with Gasteiger partial charge >= 0.3 is 5.97 Å². The van der Waals surface area contributed by atoms with Crippen molar-refractivity contribution in [1.82, 2.24) is 0 Å². The molecule has 36 heavy (non-hydrogen) atoms. The number of carbonyl (C=O) groups is 1. The minimum absolute atomic E-state index is 0.115. The van der Waals surface area contributed by atoms with Crippen molar-refractivity contribution in [2.75, 3.05) is 33.0 Å². The fourth-order valence-electron chi connectivity index (χ4n) is 0.645. The highest BCUT2D eigenvalue weighted by Crippen LogP contribution is 1.85. The maximum Gasteiger partial charge on any atom is 0.330 e. The van der Waals surface area contributed by atoms with Gasteiger partial charge in [0, 0.05) is 5.57 Å². The normalized spacial score (nSPS) is 13.3. The van der Waals surface area contributed by atoms with Crippen LogP contribution in [0.25, 0.3) is 0 Å². The van der Waals surface area contributed by atoms with Gasteiger partial charge in [-0.15, -0.1) is 0 Å². The molecule has 0 aromatic rings. The summed E-state index contributed by atoms with van der Waals surface area (Å²) in [6.45, 7) is 13.1. The number of hydrogen-bond acceptors (Lipinski definition) is 11. The smallest absolute Gasteiger partial charge is 0.330 e. The summed E-state index contributed by atoms with van der Waals surface area (Å²) in [4.78, 5) is 9.60. The molecule has 0 aromatic carbocycles. The van der Waals surface area contributed by atoms with Gasteiger partial charge in [0.15, 0.2) is 0 Å². The van der Waals surface area contributed by atoms with Gasteiger partial charge in [-0.25, -0.2) is 4.79 Å². The molecule has 0 heterocycles. The van der Waals surface area contributed by atoms with E-state index in [-0.39, 0.29) is 38.6 Å². The minimum Gasteiger partial charge on any atom is -0.478 e. The maximum atomic E-state index is 9.60. The number of carboxylic acid groups (broad SMARTS) is 1. The summed E-state index contributed by atoms with van der Waals surface area (Å²) < 4.78 is 0. The fourth-order valence-corrected chi connectivity index (χ4v) is 0.645. The summed E-state index contributed by atoms with van der Waals surface area (Å²) in [5, 5.41) is 90.4. The quantitative estimate of drug-likeness (QED) is 0.148. The molecule has 0 radical (unpaired) electrons. The van der Waals surface area contributed by atoms with Gasteiger partial charge in [-0.3, -0.25) is 0 Å². The van der Waals surface area contributed by atoms with Crippen molar-refractivity contribution in [3.63, 3.8) is 0 Å². The second kappa shape index (κ2) is 41.0. The predicted molar refractivity (Wildman–Crippen MR) is 139 cm³/mol. The molecule has 5 unspecified atom stereocenters. The van der Waals surface area contributed by atoms with Gasteiger partial charge in [-0.05, 0) is 39.0 Å². The number of aliphatic carboxylic acids is 1. The first kappa shape index (κ1) is 47.9. The highest BCUT2D eigenvalue weighted by molar-refractivity contribution is 5.84. The van der Waals surface area contributed by atoms with Crippen molar-refractivity contribution in [2.24, 2.45) is 0 Å². The van der Waals surface area contributed by atoms with Crippen LogP contribution >= 0.6 is 0 Å². The number of rotatable bonds is 11. The van der Waals surface area contributed by atoms with Crippen LogP contribution < -0.4 is 0 Å². The molecule has 0 fully saturated rings. The van der Waals surface area contributed by atoms with E-state index in [1.165, 1.54) is 6.92 Å². The lowest BCUT2D eigenvalue weighted by atomic mass is 10.3. The fraction of sp³-hybridized carbons (Fsp3) is 0.875.